The fourth-order valence-corrected chi connectivity index (χ4v) is 6.41. The third kappa shape index (κ3) is 4.92. The molecule has 8 heteroatoms. The fourth-order valence-electron chi connectivity index (χ4n) is 3.89. The highest BCUT2D eigenvalue weighted by molar-refractivity contribution is 7.89. The van der Waals surface area contributed by atoms with Gasteiger partial charge in [0.2, 0.25) is 15.9 Å². The number of nitrogens with zero attached hydrogens (tertiary/aromatic N) is 2. The molecule has 0 radical (unpaired) electrons. The number of aromatic nitrogens is 1. The molecule has 0 unspecified atom stereocenters. The van der Waals surface area contributed by atoms with Gasteiger partial charge in [-0.3, -0.25) is 4.79 Å². The lowest BCUT2D eigenvalue weighted by Gasteiger charge is -2.23. The van der Waals surface area contributed by atoms with Gasteiger partial charge in [0.1, 0.15) is 11.0 Å². The van der Waals surface area contributed by atoms with Gasteiger partial charge in [0, 0.05) is 30.5 Å². The van der Waals surface area contributed by atoms with Gasteiger partial charge >= 0.3 is 0 Å². The molecule has 1 saturated heterocycles. The Morgan fingerprint density at radius 3 is 2.62 bits per heavy atom. The predicted octanol–water partition coefficient (Wildman–Crippen LogP) is 3.88. The topological polar surface area (TPSA) is 79.4 Å². The number of rotatable bonds is 8. The highest BCUT2D eigenvalue weighted by atomic mass is 32.2. The van der Waals surface area contributed by atoms with E-state index >= 15 is 0 Å². The Hall–Kier alpha value is -2.55. The standard InChI is InChI=1S/C24H27N3O3S2/c1-2-18-10-12-21(13-11-18)32(29,30)27-16-6-9-22(27)23(28)25-15-14-20-17-31-24(26-20)19-7-4-3-5-8-19/h3-5,7-8,10-13,17,22H,2,6,9,14-16H2,1H3,(H,25,28)/t22-/m1/s1. The number of amides is 1. The zero-order valence-electron chi connectivity index (χ0n) is 18.0. The molecule has 1 amide bonds. The maximum absolute atomic E-state index is 13.1. The average Bonchev–Trinajstić information content (AvgIpc) is 3.50. The summed E-state index contributed by atoms with van der Waals surface area (Å²) < 4.78 is 27.6. The van der Waals surface area contributed by atoms with Crippen LogP contribution in [-0.4, -0.2) is 42.7 Å². The molecule has 1 fully saturated rings. The van der Waals surface area contributed by atoms with Crippen molar-refractivity contribution in [2.75, 3.05) is 13.1 Å². The first kappa shape index (κ1) is 22.6. The zero-order valence-corrected chi connectivity index (χ0v) is 19.7. The summed E-state index contributed by atoms with van der Waals surface area (Å²) in [7, 11) is -3.70. The summed E-state index contributed by atoms with van der Waals surface area (Å²) in [5.41, 5.74) is 3.07. The SMILES string of the molecule is CCc1ccc(S(=O)(=O)N2CCC[C@@H]2C(=O)NCCc2csc(-c3ccccc3)n2)cc1. The van der Waals surface area contributed by atoms with Crippen LogP contribution < -0.4 is 5.32 Å². The molecule has 1 aromatic heterocycles. The molecule has 168 valence electrons. The molecule has 1 aliphatic heterocycles. The van der Waals surface area contributed by atoms with E-state index in [1.807, 2.05) is 54.8 Å². The molecule has 1 N–H and O–H groups in total. The lowest BCUT2D eigenvalue weighted by molar-refractivity contribution is -0.124. The monoisotopic (exact) mass is 469 g/mol. The first-order valence-electron chi connectivity index (χ1n) is 10.9. The van der Waals surface area contributed by atoms with Crippen molar-refractivity contribution in [3.05, 3.63) is 71.2 Å². The van der Waals surface area contributed by atoms with Crippen LogP contribution in [0.3, 0.4) is 0 Å². The van der Waals surface area contributed by atoms with Crippen LogP contribution in [0.5, 0.6) is 0 Å². The van der Waals surface area contributed by atoms with Gasteiger partial charge in [0.25, 0.3) is 0 Å². The maximum atomic E-state index is 13.1. The van der Waals surface area contributed by atoms with Gasteiger partial charge in [0.15, 0.2) is 0 Å². The lowest BCUT2D eigenvalue weighted by atomic mass is 10.2. The molecule has 1 aliphatic rings. The summed E-state index contributed by atoms with van der Waals surface area (Å²) in [6.45, 7) is 2.81. The molecule has 0 aliphatic carbocycles. The Balaban J connectivity index is 1.36. The van der Waals surface area contributed by atoms with Gasteiger partial charge in [-0.15, -0.1) is 11.3 Å². The van der Waals surface area contributed by atoms with Gasteiger partial charge in [-0.25, -0.2) is 13.4 Å². The largest absolute Gasteiger partial charge is 0.354 e. The molecular weight excluding hydrogens is 442 g/mol. The van der Waals surface area contributed by atoms with Gasteiger partial charge < -0.3 is 5.32 Å². The molecular formula is C24H27N3O3S2. The molecule has 1 atom stereocenters. The van der Waals surface area contributed by atoms with Crippen molar-refractivity contribution in [3.63, 3.8) is 0 Å². The minimum atomic E-state index is -3.70. The summed E-state index contributed by atoms with van der Waals surface area (Å²) in [5, 5.41) is 5.87. The van der Waals surface area contributed by atoms with Crippen LogP contribution in [0, 0.1) is 0 Å². The second kappa shape index (κ2) is 9.94. The van der Waals surface area contributed by atoms with Crippen molar-refractivity contribution in [1.82, 2.24) is 14.6 Å². The van der Waals surface area contributed by atoms with Crippen LogP contribution in [0.15, 0.2) is 64.9 Å². The molecule has 3 aromatic rings. The van der Waals surface area contributed by atoms with Gasteiger partial charge in [-0.2, -0.15) is 4.31 Å². The van der Waals surface area contributed by atoms with E-state index in [1.165, 1.54) is 4.31 Å². The number of carbonyl (C=O) groups is 1. The first-order chi connectivity index (χ1) is 15.5. The van der Waals surface area contributed by atoms with E-state index < -0.39 is 16.1 Å². The fraction of sp³-hybridized carbons (Fsp3) is 0.333. The van der Waals surface area contributed by atoms with Gasteiger partial charge in [-0.1, -0.05) is 49.4 Å². The number of nitrogens with one attached hydrogen (secondary N) is 1. The van der Waals surface area contributed by atoms with Crippen molar-refractivity contribution >= 4 is 27.3 Å². The van der Waals surface area contributed by atoms with Crippen LogP contribution in [-0.2, 0) is 27.7 Å². The second-order valence-electron chi connectivity index (χ2n) is 7.82. The second-order valence-corrected chi connectivity index (χ2v) is 10.6. The van der Waals surface area contributed by atoms with E-state index in [1.54, 1.807) is 23.5 Å². The quantitative estimate of drug-likeness (QED) is 0.543. The number of hydrogen-bond donors (Lipinski definition) is 1. The van der Waals surface area contributed by atoms with E-state index in [2.05, 4.69) is 10.3 Å². The number of sulfonamides is 1. The Morgan fingerprint density at radius 2 is 1.91 bits per heavy atom. The Labute approximate surface area is 193 Å². The van der Waals surface area contributed by atoms with Crippen molar-refractivity contribution in [2.45, 2.75) is 43.5 Å². The maximum Gasteiger partial charge on any atom is 0.243 e. The number of benzene rings is 2. The smallest absolute Gasteiger partial charge is 0.243 e. The molecule has 2 heterocycles. The Kier molecular flexibility index (Phi) is 7.03. The third-order valence-electron chi connectivity index (χ3n) is 5.70. The highest BCUT2D eigenvalue weighted by Crippen LogP contribution is 2.27. The van der Waals surface area contributed by atoms with Crippen molar-refractivity contribution < 1.29 is 13.2 Å². The summed E-state index contributed by atoms with van der Waals surface area (Å²) >= 11 is 1.58. The molecule has 4 rings (SSSR count). The molecule has 0 spiro atoms. The highest BCUT2D eigenvalue weighted by Gasteiger charge is 2.39. The van der Waals surface area contributed by atoms with Crippen molar-refractivity contribution in [2.24, 2.45) is 0 Å². The summed E-state index contributed by atoms with van der Waals surface area (Å²) in [5.74, 6) is -0.241. The van der Waals surface area contributed by atoms with E-state index in [-0.39, 0.29) is 10.8 Å². The number of hydrogen-bond acceptors (Lipinski definition) is 5. The Morgan fingerprint density at radius 1 is 1.16 bits per heavy atom. The normalized spacial score (nSPS) is 16.8. The number of thiazole rings is 1. The molecule has 0 saturated carbocycles. The van der Waals surface area contributed by atoms with E-state index in [0.717, 1.165) is 28.2 Å². The van der Waals surface area contributed by atoms with E-state index in [0.29, 0.717) is 32.4 Å². The summed E-state index contributed by atoms with van der Waals surface area (Å²) in [6.07, 6.45) is 2.66. The van der Waals surface area contributed by atoms with E-state index in [9.17, 15) is 13.2 Å². The molecule has 6 nitrogen and oxygen atoms in total. The average molecular weight is 470 g/mol. The Bertz CT molecular complexity index is 1160. The minimum Gasteiger partial charge on any atom is -0.354 e. The number of carbonyl (C=O) groups excluding carboxylic acids is 1. The molecule has 32 heavy (non-hydrogen) atoms. The lowest BCUT2D eigenvalue weighted by Crippen LogP contribution is -2.46. The van der Waals surface area contributed by atoms with Gasteiger partial charge in [0.05, 0.1) is 10.6 Å². The first-order valence-corrected chi connectivity index (χ1v) is 13.2. The van der Waals surface area contributed by atoms with Crippen LogP contribution in [0.4, 0.5) is 0 Å². The van der Waals surface area contributed by atoms with Crippen LogP contribution in [0.25, 0.3) is 10.6 Å². The molecule has 0 bridgehead atoms. The van der Waals surface area contributed by atoms with Crippen molar-refractivity contribution in [3.8, 4) is 10.6 Å². The van der Waals surface area contributed by atoms with Gasteiger partial charge in [-0.05, 0) is 37.0 Å². The third-order valence-corrected chi connectivity index (χ3v) is 8.56. The van der Waals surface area contributed by atoms with Crippen molar-refractivity contribution in [1.29, 1.82) is 0 Å². The van der Waals surface area contributed by atoms with Crippen LogP contribution in [0.1, 0.15) is 31.0 Å². The number of aryl methyl sites for hydroxylation is 1. The summed E-state index contributed by atoms with van der Waals surface area (Å²) in [4.78, 5) is 17.7. The van der Waals surface area contributed by atoms with Crippen LogP contribution >= 0.6 is 11.3 Å². The van der Waals surface area contributed by atoms with E-state index in [4.69, 9.17) is 0 Å². The zero-order chi connectivity index (χ0) is 22.6. The minimum absolute atomic E-state index is 0.241. The predicted molar refractivity (Wildman–Crippen MR) is 127 cm³/mol. The molecule has 2 aromatic carbocycles. The summed E-state index contributed by atoms with van der Waals surface area (Å²) in [6, 6.07) is 16.2. The van der Waals surface area contributed by atoms with Crippen LogP contribution in [0.2, 0.25) is 0 Å².